The number of sulfonamides is 1. The van der Waals surface area contributed by atoms with Crippen LogP contribution in [0.4, 0.5) is 11.4 Å². The van der Waals surface area contributed by atoms with Gasteiger partial charge in [0, 0.05) is 25.3 Å². The highest BCUT2D eigenvalue weighted by molar-refractivity contribution is 7.92. The normalized spacial score (nSPS) is 16.5. The van der Waals surface area contributed by atoms with Crippen LogP contribution in [-0.2, 0) is 14.8 Å². The second-order valence-electron chi connectivity index (χ2n) is 6.25. The van der Waals surface area contributed by atoms with Crippen molar-refractivity contribution in [3.05, 3.63) is 64.2 Å². The van der Waals surface area contributed by atoms with Gasteiger partial charge in [0.1, 0.15) is 0 Å². The predicted molar refractivity (Wildman–Crippen MR) is 102 cm³/mol. The van der Waals surface area contributed by atoms with Gasteiger partial charge in [-0.3, -0.25) is 19.6 Å². The highest BCUT2D eigenvalue weighted by Gasteiger charge is 2.21. The van der Waals surface area contributed by atoms with Crippen LogP contribution in [0.15, 0.2) is 53.4 Å². The van der Waals surface area contributed by atoms with E-state index in [1.807, 2.05) is 0 Å². The maximum atomic E-state index is 12.6. The van der Waals surface area contributed by atoms with E-state index in [4.69, 9.17) is 4.74 Å². The number of hydrogen-bond donors (Lipinski definition) is 2. The molecule has 2 N–H and O–H groups in total. The molecule has 0 bridgehead atoms. The van der Waals surface area contributed by atoms with Crippen molar-refractivity contribution in [2.45, 2.75) is 23.8 Å². The number of hydrogen-bond acceptors (Lipinski definition) is 6. The summed E-state index contributed by atoms with van der Waals surface area (Å²) < 4.78 is 33.0. The molecule has 0 radical (unpaired) electrons. The minimum atomic E-state index is -4.02. The van der Waals surface area contributed by atoms with Gasteiger partial charge in [0.05, 0.1) is 27.2 Å². The zero-order valence-electron chi connectivity index (χ0n) is 14.8. The Labute approximate surface area is 161 Å². The summed E-state index contributed by atoms with van der Waals surface area (Å²) >= 11 is 0. The highest BCUT2D eigenvalue weighted by atomic mass is 32.2. The third-order valence-electron chi connectivity index (χ3n) is 4.29. The number of anilines is 1. The zero-order chi connectivity index (χ0) is 20.1. The number of nitrogens with zero attached hydrogens (tertiary/aromatic N) is 1. The summed E-state index contributed by atoms with van der Waals surface area (Å²) in [6, 6.07) is 10.7. The molecule has 148 valence electrons. The molecule has 1 atom stereocenters. The van der Waals surface area contributed by atoms with Crippen molar-refractivity contribution in [2.75, 3.05) is 17.9 Å². The molecule has 10 heteroatoms. The molecule has 3 rings (SSSR count). The van der Waals surface area contributed by atoms with Crippen LogP contribution in [-0.4, -0.2) is 38.5 Å². The van der Waals surface area contributed by atoms with Gasteiger partial charge in [0.2, 0.25) is 0 Å². The van der Waals surface area contributed by atoms with Gasteiger partial charge in [-0.1, -0.05) is 12.1 Å². The van der Waals surface area contributed by atoms with Crippen molar-refractivity contribution < 1.29 is 22.9 Å². The van der Waals surface area contributed by atoms with Crippen LogP contribution < -0.4 is 10.0 Å². The quantitative estimate of drug-likeness (QED) is 0.537. The molecule has 0 unspecified atom stereocenters. The first-order valence-electron chi connectivity index (χ1n) is 8.63. The van der Waals surface area contributed by atoms with Crippen LogP contribution >= 0.6 is 0 Å². The fourth-order valence-electron chi connectivity index (χ4n) is 2.83. The second-order valence-corrected chi connectivity index (χ2v) is 7.93. The van der Waals surface area contributed by atoms with Crippen molar-refractivity contribution in [1.29, 1.82) is 0 Å². The third kappa shape index (κ3) is 4.65. The SMILES string of the molecule is O=C(NC[C@H]1CCCO1)c1ccccc1NS(=O)(=O)c1ccc([N+](=O)[O-])cc1. The van der Waals surface area contributed by atoms with E-state index in [-0.39, 0.29) is 27.9 Å². The number of nitro benzene ring substituents is 1. The molecular weight excluding hydrogens is 386 g/mol. The van der Waals surface area contributed by atoms with Crippen molar-refractivity contribution in [3.8, 4) is 0 Å². The van der Waals surface area contributed by atoms with Gasteiger partial charge >= 0.3 is 0 Å². The summed E-state index contributed by atoms with van der Waals surface area (Å²) in [6.45, 7) is 1.02. The maximum absolute atomic E-state index is 12.6. The van der Waals surface area contributed by atoms with Gasteiger partial charge in [0.25, 0.3) is 21.6 Å². The molecule has 1 amide bonds. The fourth-order valence-corrected chi connectivity index (χ4v) is 3.91. The summed E-state index contributed by atoms with van der Waals surface area (Å²) in [5.41, 5.74) is 0.0736. The number of carbonyl (C=O) groups is 1. The van der Waals surface area contributed by atoms with E-state index in [2.05, 4.69) is 10.0 Å². The molecule has 2 aromatic rings. The molecule has 9 nitrogen and oxygen atoms in total. The average Bonchev–Trinajstić information content (AvgIpc) is 3.20. The van der Waals surface area contributed by atoms with Crippen LogP contribution in [0.25, 0.3) is 0 Å². The zero-order valence-corrected chi connectivity index (χ0v) is 15.6. The highest BCUT2D eigenvalue weighted by Crippen LogP contribution is 2.22. The largest absolute Gasteiger partial charge is 0.376 e. The lowest BCUT2D eigenvalue weighted by Crippen LogP contribution is -2.32. The Kier molecular flexibility index (Phi) is 5.90. The number of para-hydroxylation sites is 1. The molecule has 28 heavy (non-hydrogen) atoms. The van der Waals surface area contributed by atoms with Crippen LogP contribution in [0, 0.1) is 10.1 Å². The molecule has 1 fully saturated rings. The summed E-state index contributed by atoms with van der Waals surface area (Å²) in [4.78, 5) is 22.4. The maximum Gasteiger partial charge on any atom is 0.269 e. The van der Waals surface area contributed by atoms with E-state index in [1.54, 1.807) is 12.1 Å². The number of carbonyl (C=O) groups excluding carboxylic acids is 1. The van der Waals surface area contributed by atoms with Gasteiger partial charge in [-0.25, -0.2) is 8.42 Å². The van der Waals surface area contributed by atoms with Crippen LogP contribution in [0.3, 0.4) is 0 Å². The topological polar surface area (TPSA) is 128 Å². The van der Waals surface area contributed by atoms with E-state index in [9.17, 15) is 23.3 Å². The minimum Gasteiger partial charge on any atom is -0.376 e. The number of nitro groups is 1. The lowest BCUT2D eigenvalue weighted by molar-refractivity contribution is -0.384. The molecule has 0 saturated carbocycles. The van der Waals surface area contributed by atoms with Gasteiger partial charge in [0.15, 0.2) is 0 Å². The summed E-state index contributed by atoms with van der Waals surface area (Å²) in [5.74, 6) is -0.419. The first kappa shape index (κ1) is 19.8. The summed E-state index contributed by atoms with van der Waals surface area (Å²) in [5, 5.41) is 13.5. The molecule has 1 aliphatic rings. The fraction of sp³-hybridized carbons (Fsp3) is 0.278. The number of rotatable bonds is 7. The minimum absolute atomic E-state index is 0.0343. The Bertz CT molecular complexity index is 969. The molecule has 0 aromatic heterocycles. The van der Waals surface area contributed by atoms with E-state index in [0.717, 1.165) is 37.1 Å². The molecule has 0 aliphatic carbocycles. The number of amides is 1. The lowest BCUT2D eigenvalue weighted by atomic mass is 10.1. The predicted octanol–water partition coefficient (Wildman–Crippen LogP) is 2.30. The van der Waals surface area contributed by atoms with E-state index >= 15 is 0 Å². The first-order chi connectivity index (χ1) is 13.4. The van der Waals surface area contributed by atoms with Crippen LogP contribution in [0.5, 0.6) is 0 Å². The van der Waals surface area contributed by atoms with Crippen molar-refractivity contribution in [3.63, 3.8) is 0 Å². The molecule has 2 aromatic carbocycles. The van der Waals surface area contributed by atoms with E-state index in [1.165, 1.54) is 12.1 Å². The summed E-state index contributed by atoms with van der Waals surface area (Å²) in [6.07, 6.45) is 1.79. The Morgan fingerprint density at radius 1 is 1.18 bits per heavy atom. The van der Waals surface area contributed by atoms with Crippen LogP contribution in [0.2, 0.25) is 0 Å². The monoisotopic (exact) mass is 405 g/mol. The number of nitrogens with one attached hydrogen (secondary N) is 2. The number of benzene rings is 2. The van der Waals surface area contributed by atoms with Crippen molar-refractivity contribution in [2.24, 2.45) is 0 Å². The smallest absolute Gasteiger partial charge is 0.269 e. The Balaban J connectivity index is 1.76. The molecule has 1 aliphatic heterocycles. The van der Waals surface area contributed by atoms with Gasteiger partial charge in [-0.15, -0.1) is 0 Å². The molecular formula is C18H19N3O6S. The van der Waals surface area contributed by atoms with Gasteiger partial charge in [-0.05, 0) is 37.1 Å². The second kappa shape index (κ2) is 8.36. The van der Waals surface area contributed by atoms with Crippen molar-refractivity contribution in [1.82, 2.24) is 5.32 Å². The number of non-ortho nitro benzene ring substituents is 1. The van der Waals surface area contributed by atoms with E-state index < -0.39 is 20.9 Å². The van der Waals surface area contributed by atoms with Gasteiger partial charge in [-0.2, -0.15) is 0 Å². The van der Waals surface area contributed by atoms with E-state index in [0.29, 0.717) is 13.2 Å². The average molecular weight is 405 g/mol. The Morgan fingerprint density at radius 3 is 2.54 bits per heavy atom. The number of ether oxygens (including phenoxy) is 1. The van der Waals surface area contributed by atoms with Gasteiger partial charge < -0.3 is 10.1 Å². The Morgan fingerprint density at radius 2 is 1.89 bits per heavy atom. The van der Waals surface area contributed by atoms with Crippen molar-refractivity contribution >= 4 is 27.3 Å². The molecule has 1 saturated heterocycles. The Hall–Kier alpha value is -2.98. The molecule has 0 spiro atoms. The first-order valence-corrected chi connectivity index (χ1v) is 10.1. The lowest BCUT2D eigenvalue weighted by Gasteiger charge is -2.14. The standard InChI is InChI=1S/C18H19N3O6S/c22-18(19-12-14-4-3-11-27-14)16-5-1-2-6-17(16)20-28(25,26)15-9-7-13(8-10-15)21(23)24/h1-2,5-10,14,20H,3-4,11-12H2,(H,19,22)/t14-/m1/s1. The van der Waals surface area contributed by atoms with Crippen LogP contribution in [0.1, 0.15) is 23.2 Å². The summed E-state index contributed by atoms with van der Waals surface area (Å²) in [7, 11) is -4.02. The third-order valence-corrected chi connectivity index (χ3v) is 5.67. The molecule has 1 heterocycles.